The summed E-state index contributed by atoms with van der Waals surface area (Å²) in [6.45, 7) is 7.94. The van der Waals surface area contributed by atoms with Crippen molar-refractivity contribution in [1.29, 1.82) is 0 Å². The third kappa shape index (κ3) is 3.69. The molecule has 1 N–H and O–H groups in total. The number of nitrogens with one attached hydrogen (secondary N) is 1. The van der Waals surface area contributed by atoms with Crippen LogP contribution in [0.2, 0.25) is 0 Å². The first kappa shape index (κ1) is 20.1. The molecule has 0 saturated carbocycles. The van der Waals surface area contributed by atoms with Crippen LogP contribution < -0.4 is 15.9 Å². The molecule has 1 aliphatic rings. The van der Waals surface area contributed by atoms with Gasteiger partial charge >= 0.3 is 5.69 Å². The van der Waals surface area contributed by atoms with Gasteiger partial charge in [0.1, 0.15) is 23.7 Å². The summed E-state index contributed by atoms with van der Waals surface area (Å²) in [7, 11) is 0. The minimum absolute atomic E-state index is 0.199. The molecule has 5 rings (SSSR count). The van der Waals surface area contributed by atoms with Crippen molar-refractivity contribution in [2.75, 3.05) is 31.1 Å². The van der Waals surface area contributed by atoms with Crippen LogP contribution in [-0.4, -0.2) is 60.0 Å². The Morgan fingerprint density at radius 3 is 2.50 bits per heavy atom. The third-order valence-electron chi connectivity index (χ3n) is 5.58. The Morgan fingerprint density at radius 1 is 1.00 bits per heavy atom. The fourth-order valence-corrected chi connectivity index (χ4v) is 3.84. The van der Waals surface area contributed by atoms with Gasteiger partial charge in [-0.15, -0.1) is 10.2 Å². The maximum atomic E-state index is 13.1. The molecule has 1 aliphatic heterocycles. The van der Waals surface area contributed by atoms with E-state index in [1.165, 1.54) is 9.13 Å². The molecule has 0 spiro atoms. The van der Waals surface area contributed by atoms with Gasteiger partial charge in [0.15, 0.2) is 5.82 Å². The Labute approximate surface area is 185 Å². The molecule has 1 saturated heterocycles. The fourth-order valence-electron chi connectivity index (χ4n) is 3.84. The number of nitrogens with zero attached hydrogens (tertiary/aromatic N) is 8. The number of hydrogen-bond acceptors (Lipinski definition) is 7. The zero-order valence-electron chi connectivity index (χ0n) is 18.1. The first-order valence-corrected chi connectivity index (χ1v) is 10.7. The van der Waals surface area contributed by atoms with Crippen LogP contribution in [0, 0.1) is 0 Å². The maximum Gasteiger partial charge on any atom is 0.339 e. The predicted octanol–water partition coefficient (Wildman–Crippen LogP) is 1.67. The molecule has 0 bridgehead atoms. The van der Waals surface area contributed by atoms with Crippen LogP contribution in [0.3, 0.4) is 0 Å². The summed E-state index contributed by atoms with van der Waals surface area (Å²) in [5.41, 5.74) is 1.49. The van der Waals surface area contributed by atoms with E-state index >= 15 is 0 Å². The van der Waals surface area contributed by atoms with Crippen LogP contribution in [0.15, 0.2) is 60.0 Å². The zero-order chi connectivity index (χ0) is 22.1. The van der Waals surface area contributed by atoms with Crippen LogP contribution in [0.25, 0.3) is 23.2 Å². The molecule has 0 amide bonds. The van der Waals surface area contributed by atoms with Crippen LogP contribution >= 0.6 is 0 Å². The van der Waals surface area contributed by atoms with Gasteiger partial charge in [-0.2, -0.15) is 0 Å². The second-order valence-electron chi connectivity index (χ2n) is 7.97. The topological polar surface area (TPSA) is 98.7 Å². The lowest BCUT2D eigenvalue weighted by Gasteiger charge is -2.29. The normalized spacial score (nSPS) is 14.3. The van der Waals surface area contributed by atoms with Crippen molar-refractivity contribution in [3.05, 3.63) is 65.7 Å². The highest BCUT2D eigenvalue weighted by Gasteiger charge is 2.15. The van der Waals surface area contributed by atoms with Gasteiger partial charge in [0, 0.05) is 44.6 Å². The van der Waals surface area contributed by atoms with Gasteiger partial charge in [-0.1, -0.05) is 6.07 Å². The summed E-state index contributed by atoms with van der Waals surface area (Å²) in [5.74, 6) is 1.75. The summed E-state index contributed by atoms with van der Waals surface area (Å²) >= 11 is 0. The Morgan fingerprint density at radius 2 is 1.78 bits per heavy atom. The number of pyridine rings is 2. The van der Waals surface area contributed by atoms with Gasteiger partial charge in [-0.05, 0) is 38.1 Å². The van der Waals surface area contributed by atoms with Gasteiger partial charge in [0.2, 0.25) is 0 Å². The van der Waals surface area contributed by atoms with E-state index in [0.717, 1.165) is 31.9 Å². The highest BCUT2D eigenvalue weighted by atomic mass is 16.1. The molecule has 1 fully saturated rings. The summed E-state index contributed by atoms with van der Waals surface area (Å²) in [5, 5.41) is 11.6. The molecule has 0 radical (unpaired) electrons. The van der Waals surface area contributed by atoms with E-state index in [-0.39, 0.29) is 11.7 Å². The van der Waals surface area contributed by atoms with Gasteiger partial charge in [-0.25, -0.2) is 14.8 Å². The van der Waals surface area contributed by atoms with Crippen molar-refractivity contribution in [3.8, 4) is 23.2 Å². The van der Waals surface area contributed by atoms with E-state index in [9.17, 15) is 4.79 Å². The predicted molar refractivity (Wildman–Crippen MR) is 121 cm³/mol. The van der Waals surface area contributed by atoms with Crippen LogP contribution in [-0.2, 0) is 0 Å². The fraction of sp³-hybridized carbons (Fsp3) is 0.318. The standard InChI is InChI=1S/C22H25N9O/c1-16(2)31-15-25-27-21(31)18-4-3-5-20(26-18)30-13-12-29(22(30)32)19-7-6-17(14-24-19)28-10-8-23-9-11-28/h3-7,12-16,23H,8-11H2,1-2H3. The second kappa shape index (κ2) is 8.39. The smallest absolute Gasteiger partial charge is 0.339 e. The molecule has 164 valence electrons. The lowest BCUT2D eigenvalue weighted by Crippen LogP contribution is -2.43. The molecule has 32 heavy (non-hydrogen) atoms. The summed E-state index contributed by atoms with van der Waals surface area (Å²) in [6, 6.07) is 9.61. The molecule has 0 unspecified atom stereocenters. The average molecular weight is 432 g/mol. The maximum absolute atomic E-state index is 13.1. The third-order valence-corrected chi connectivity index (χ3v) is 5.58. The monoisotopic (exact) mass is 431 g/mol. The average Bonchev–Trinajstić information content (AvgIpc) is 3.47. The first-order valence-electron chi connectivity index (χ1n) is 10.7. The van der Waals surface area contributed by atoms with Crippen molar-refractivity contribution in [2.45, 2.75) is 19.9 Å². The van der Waals surface area contributed by atoms with Crippen molar-refractivity contribution in [2.24, 2.45) is 0 Å². The molecule has 5 heterocycles. The Bertz CT molecular complexity index is 1260. The Kier molecular flexibility index (Phi) is 5.28. The minimum atomic E-state index is -0.234. The molecular formula is C22H25N9O. The highest BCUT2D eigenvalue weighted by Crippen LogP contribution is 2.19. The molecule has 0 aliphatic carbocycles. The lowest BCUT2D eigenvalue weighted by molar-refractivity contribution is 0.588. The van der Waals surface area contributed by atoms with Crippen LogP contribution in [0.4, 0.5) is 5.69 Å². The number of aromatic nitrogens is 7. The van der Waals surface area contributed by atoms with Gasteiger partial charge < -0.3 is 14.8 Å². The first-order chi connectivity index (χ1) is 15.6. The number of imidazole rings is 1. The van der Waals surface area contributed by atoms with E-state index < -0.39 is 0 Å². The molecule has 10 heteroatoms. The van der Waals surface area contributed by atoms with Crippen molar-refractivity contribution in [1.82, 2.24) is 39.2 Å². The summed E-state index contributed by atoms with van der Waals surface area (Å²) in [4.78, 5) is 24.6. The Balaban J connectivity index is 1.44. The van der Waals surface area contributed by atoms with Crippen molar-refractivity contribution in [3.63, 3.8) is 0 Å². The molecule has 0 atom stereocenters. The summed E-state index contributed by atoms with van der Waals surface area (Å²) in [6.07, 6.45) is 6.92. The molecule has 10 nitrogen and oxygen atoms in total. The van der Waals surface area contributed by atoms with E-state index in [2.05, 4.69) is 44.2 Å². The SMILES string of the molecule is CC(C)n1cnnc1-c1cccc(-n2ccn(-c3ccc(N4CCNCC4)cn3)c2=O)n1. The van der Waals surface area contributed by atoms with E-state index in [1.54, 1.807) is 24.8 Å². The number of piperazine rings is 1. The van der Waals surface area contributed by atoms with Gasteiger partial charge in [0.05, 0.1) is 11.9 Å². The van der Waals surface area contributed by atoms with Crippen molar-refractivity contribution < 1.29 is 0 Å². The highest BCUT2D eigenvalue weighted by molar-refractivity contribution is 5.51. The van der Waals surface area contributed by atoms with E-state index in [0.29, 0.717) is 23.2 Å². The van der Waals surface area contributed by atoms with Gasteiger partial charge in [0.25, 0.3) is 0 Å². The molecular weight excluding hydrogens is 406 g/mol. The Hall–Kier alpha value is -3.79. The quantitative estimate of drug-likeness (QED) is 0.513. The van der Waals surface area contributed by atoms with Gasteiger partial charge in [-0.3, -0.25) is 9.13 Å². The second-order valence-corrected chi connectivity index (χ2v) is 7.97. The zero-order valence-corrected chi connectivity index (χ0v) is 18.1. The van der Waals surface area contributed by atoms with Crippen LogP contribution in [0.1, 0.15) is 19.9 Å². The van der Waals surface area contributed by atoms with E-state index in [1.807, 2.05) is 35.0 Å². The minimum Gasteiger partial charge on any atom is -0.368 e. The van der Waals surface area contributed by atoms with Crippen LogP contribution in [0.5, 0.6) is 0 Å². The summed E-state index contributed by atoms with van der Waals surface area (Å²) < 4.78 is 4.97. The molecule has 4 aromatic rings. The molecule has 0 aromatic carbocycles. The van der Waals surface area contributed by atoms with E-state index in [4.69, 9.17) is 0 Å². The van der Waals surface area contributed by atoms with Crippen molar-refractivity contribution >= 4 is 5.69 Å². The number of rotatable bonds is 5. The number of hydrogen-bond donors (Lipinski definition) is 1. The largest absolute Gasteiger partial charge is 0.368 e. The molecule has 4 aromatic heterocycles. The lowest BCUT2D eigenvalue weighted by atomic mass is 10.3. The number of anilines is 1.